The van der Waals surface area contributed by atoms with Gasteiger partial charge in [0.25, 0.3) is 0 Å². The van der Waals surface area contributed by atoms with E-state index in [-0.39, 0.29) is 30.1 Å². The molecule has 0 amide bonds. The maximum absolute atomic E-state index is 14.3. The average molecular weight is 484 g/mol. The van der Waals surface area contributed by atoms with Gasteiger partial charge in [-0.3, -0.25) is 0 Å². The lowest BCUT2D eigenvalue weighted by molar-refractivity contribution is -0.189. The van der Waals surface area contributed by atoms with Crippen molar-refractivity contribution in [1.29, 1.82) is 0 Å². The van der Waals surface area contributed by atoms with Gasteiger partial charge >= 0.3 is 6.11 Å². The number of benzene rings is 3. The SMILES string of the molecule is C=CCOc1ccc(C#Cc2cc(F)c(C(F)(F)Oc3cc(F)c(F)c(F)c3)c(F)c2)c(F)c1. The van der Waals surface area contributed by atoms with Crippen LogP contribution in [0.3, 0.4) is 0 Å². The minimum Gasteiger partial charge on any atom is -0.489 e. The maximum Gasteiger partial charge on any atom is 0.432 e. The van der Waals surface area contributed by atoms with Crippen LogP contribution < -0.4 is 9.47 Å². The molecule has 0 fully saturated rings. The van der Waals surface area contributed by atoms with Crippen molar-refractivity contribution in [3.8, 4) is 23.3 Å². The standard InChI is InChI=1S/C24H12F8O2/c1-2-7-33-15-6-5-14(17(25)10-15)4-3-13-8-18(26)22(19(27)9-13)24(31,32)34-16-11-20(28)23(30)21(29)12-16/h2,5-6,8-12H,1,7H2. The molecule has 0 aliphatic rings. The molecule has 10 heteroatoms. The Bertz CT molecular complexity index is 1260. The Morgan fingerprint density at radius 3 is 1.91 bits per heavy atom. The maximum atomic E-state index is 14.3. The van der Waals surface area contributed by atoms with Gasteiger partial charge in [0.2, 0.25) is 0 Å². The van der Waals surface area contributed by atoms with Gasteiger partial charge in [-0.2, -0.15) is 8.78 Å². The topological polar surface area (TPSA) is 18.5 Å². The summed E-state index contributed by atoms with van der Waals surface area (Å²) in [4.78, 5) is 0. The third kappa shape index (κ3) is 5.49. The third-order valence-electron chi connectivity index (χ3n) is 4.19. The molecule has 3 aromatic rings. The summed E-state index contributed by atoms with van der Waals surface area (Å²) in [5.41, 5.74) is -2.46. The summed E-state index contributed by atoms with van der Waals surface area (Å²) in [7, 11) is 0. The van der Waals surface area contributed by atoms with Gasteiger partial charge in [-0.25, -0.2) is 26.3 Å². The van der Waals surface area contributed by atoms with E-state index < -0.39 is 57.9 Å². The summed E-state index contributed by atoms with van der Waals surface area (Å²) in [6.45, 7) is 3.58. The molecule has 176 valence electrons. The quantitative estimate of drug-likeness (QED) is 0.170. The van der Waals surface area contributed by atoms with Crippen molar-refractivity contribution in [2.45, 2.75) is 6.11 Å². The molecule has 0 aromatic heterocycles. The molecule has 0 saturated carbocycles. The van der Waals surface area contributed by atoms with Gasteiger partial charge in [0.05, 0.1) is 5.56 Å². The number of rotatable bonds is 6. The average Bonchev–Trinajstić information content (AvgIpc) is 2.74. The van der Waals surface area contributed by atoms with Crippen molar-refractivity contribution in [1.82, 2.24) is 0 Å². The second kappa shape index (κ2) is 9.87. The molecule has 34 heavy (non-hydrogen) atoms. The van der Waals surface area contributed by atoms with Gasteiger partial charge in [0, 0.05) is 23.8 Å². The summed E-state index contributed by atoms with van der Waals surface area (Å²) in [6.07, 6.45) is -3.28. The van der Waals surface area contributed by atoms with Crippen molar-refractivity contribution in [3.63, 3.8) is 0 Å². The Morgan fingerprint density at radius 2 is 1.35 bits per heavy atom. The van der Waals surface area contributed by atoms with Crippen molar-refractivity contribution in [2.24, 2.45) is 0 Å². The van der Waals surface area contributed by atoms with Crippen LogP contribution in [0.2, 0.25) is 0 Å². The zero-order valence-corrected chi connectivity index (χ0v) is 16.9. The minimum absolute atomic E-state index is 0.0875. The van der Waals surface area contributed by atoms with Crippen LogP contribution in [0.25, 0.3) is 0 Å². The summed E-state index contributed by atoms with van der Waals surface area (Å²) < 4.78 is 120. The summed E-state index contributed by atoms with van der Waals surface area (Å²) >= 11 is 0. The Kier molecular flexibility index (Phi) is 7.15. The lowest BCUT2D eigenvalue weighted by Crippen LogP contribution is -2.25. The zero-order valence-electron chi connectivity index (χ0n) is 16.9. The number of alkyl halides is 2. The fraction of sp³-hybridized carbons (Fsp3) is 0.0833. The van der Waals surface area contributed by atoms with Crippen LogP contribution >= 0.6 is 0 Å². The Labute approximate surface area is 188 Å². The van der Waals surface area contributed by atoms with Crippen LogP contribution in [0.15, 0.2) is 55.1 Å². The molecule has 0 radical (unpaired) electrons. The lowest BCUT2D eigenvalue weighted by Gasteiger charge is -2.19. The van der Waals surface area contributed by atoms with Crippen molar-refractivity contribution >= 4 is 0 Å². The van der Waals surface area contributed by atoms with Crippen molar-refractivity contribution in [2.75, 3.05) is 6.61 Å². The molecule has 0 heterocycles. The molecule has 2 nitrogen and oxygen atoms in total. The lowest BCUT2D eigenvalue weighted by atomic mass is 10.1. The first-order valence-corrected chi connectivity index (χ1v) is 9.28. The molecule has 0 bridgehead atoms. The Balaban J connectivity index is 1.88. The minimum atomic E-state index is -4.73. The first-order valence-electron chi connectivity index (χ1n) is 9.28. The fourth-order valence-electron chi connectivity index (χ4n) is 2.70. The van der Waals surface area contributed by atoms with Crippen LogP contribution in [0.4, 0.5) is 35.1 Å². The van der Waals surface area contributed by atoms with Crippen LogP contribution in [-0.4, -0.2) is 6.61 Å². The number of halogens is 8. The molecule has 0 spiro atoms. The first-order chi connectivity index (χ1) is 16.0. The van der Waals surface area contributed by atoms with E-state index in [1.807, 2.05) is 0 Å². The van der Waals surface area contributed by atoms with Crippen LogP contribution in [0.1, 0.15) is 16.7 Å². The van der Waals surface area contributed by atoms with Crippen molar-refractivity contribution in [3.05, 3.63) is 107 Å². The van der Waals surface area contributed by atoms with Gasteiger partial charge in [0.1, 0.15) is 41.1 Å². The molecule has 0 unspecified atom stereocenters. The van der Waals surface area contributed by atoms with Gasteiger partial charge in [-0.05, 0) is 24.3 Å². The Morgan fingerprint density at radius 1 is 0.765 bits per heavy atom. The number of ether oxygens (including phenoxy) is 2. The number of hydrogen-bond donors (Lipinski definition) is 0. The van der Waals surface area contributed by atoms with Gasteiger partial charge < -0.3 is 9.47 Å². The first kappa shape index (κ1) is 24.6. The number of hydrogen-bond acceptors (Lipinski definition) is 2. The van der Waals surface area contributed by atoms with E-state index in [0.29, 0.717) is 12.1 Å². The van der Waals surface area contributed by atoms with E-state index >= 15 is 0 Å². The predicted octanol–water partition coefficient (Wildman–Crippen LogP) is 6.61. The third-order valence-corrected chi connectivity index (χ3v) is 4.19. The summed E-state index contributed by atoms with van der Waals surface area (Å²) in [6, 6.07) is 4.71. The van der Waals surface area contributed by atoms with E-state index in [0.717, 1.165) is 6.07 Å². The van der Waals surface area contributed by atoms with E-state index in [4.69, 9.17) is 4.74 Å². The molecule has 3 rings (SSSR count). The smallest absolute Gasteiger partial charge is 0.432 e. The fourth-order valence-corrected chi connectivity index (χ4v) is 2.70. The second-order valence-corrected chi connectivity index (χ2v) is 6.63. The van der Waals surface area contributed by atoms with Crippen molar-refractivity contribution < 1.29 is 44.6 Å². The summed E-state index contributed by atoms with van der Waals surface area (Å²) in [5, 5.41) is 0. The molecule has 0 atom stereocenters. The highest BCUT2D eigenvalue weighted by Crippen LogP contribution is 2.36. The van der Waals surface area contributed by atoms with Gasteiger partial charge in [-0.1, -0.05) is 24.5 Å². The largest absolute Gasteiger partial charge is 0.489 e. The molecule has 0 saturated heterocycles. The second-order valence-electron chi connectivity index (χ2n) is 6.63. The highest BCUT2D eigenvalue weighted by Gasteiger charge is 2.41. The molecule has 3 aromatic carbocycles. The molecule has 0 N–H and O–H groups in total. The monoisotopic (exact) mass is 484 g/mol. The van der Waals surface area contributed by atoms with E-state index in [1.165, 1.54) is 18.2 Å². The zero-order chi connectivity index (χ0) is 25.0. The summed E-state index contributed by atoms with van der Waals surface area (Å²) in [5.74, 6) is -6.49. The van der Waals surface area contributed by atoms with Crippen LogP contribution in [0.5, 0.6) is 11.5 Å². The normalized spacial score (nSPS) is 10.9. The van der Waals surface area contributed by atoms with E-state index in [9.17, 15) is 35.1 Å². The molecular formula is C24H12F8O2. The molecule has 0 aliphatic carbocycles. The Hall–Kier alpha value is -4.00. The highest BCUT2D eigenvalue weighted by atomic mass is 19.3. The molecule has 0 aliphatic heterocycles. The predicted molar refractivity (Wildman–Crippen MR) is 105 cm³/mol. The van der Waals surface area contributed by atoms with Gasteiger partial charge in [0.15, 0.2) is 17.5 Å². The molecular weight excluding hydrogens is 472 g/mol. The van der Waals surface area contributed by atoms with Gasteiger partial charge in [-0.15, -0.1) is 0 Å². The van der Waals surface area contributed by atoms with Crippen LogP contribution in [-0.2, 0) is 6.11 Å². The van der Waals surface area contributed by atoms with E-state index in [1.54, 1.807) is 0 Å². The van der Waals surface area contributed by atoms with Crippen LogP contribution in [0, 0.1) is 46.7 Å². The highest BCUT2D eigenvalue weighted by molar-refractivity contribution is 5.46. The van der Waals surface area contributed by atoms with E-state index in [2.05, 4.69) is 23.2 Å².